The first-order valence-corrected chi connectivity index (χ1v) is 27.8. The second kappa shape index (κ2) is 44.6. The van der Waals surface area contributed by atoms with Crippen molar-refractivity contribution in [2.24, 2.45) is 0 Å². The van der Waals surface area contributed by atoms with Gasteiger partial charge in [-0.15, -0.1) is 0 Å². The van der Waals surface area contributed by atoms with Crippen LogP contribution in [0.5, 0.6) is 0 Å². The second-order valence-electron chi connectivity index (χ2n) is 19.9. The summed E-state index contributed by atoms with van der Waals surface area (Å²) >= 11 is 0. The van der Waals surface area contributed by atoms with Crippen molar-refractivity contribution in [1.82, 2.24) is 5.32 Å². The van der Waals surface area contributed by atoms with Gasteiger partial charge in [-0.25, -0.2) is 0 Å². The van der Waals surface area contributed by atoms with Crippen molar-refractivity contribution in [3.8, 4) is 0 Å². The number of carbonyl (C=O) groups excluding carboxylic acids is 1. The van der Waals surface area contributed by atoms with Gasteiger partial charge in [0, 0.05) is 6.42 Å². The molecule has 0 aromatic heterocycles. The van der Waals surface area contributed by atoms with Crippen LogP contribution in [0.2, 0.25) is 0 Å². The van der Waals surface area contributed by atoms with Crippen molar-refractivity contribution in [3.63, 3.8) is 0 Å². The van der Waals surface area contributed by atoms with Crippen LogP contribution in [0.4, 0.5) is 0 Å². The standard InChI is InChI=1S/C54H107NO9/c1-3-5-7-9-11-13-14-15-16-17-18-19-20-21-22-23-24-25-26-27-28-29-30-31-32-33-35-37-39-41-43-49(58)55-46(45-63-54-53(62)52(61)51(60)48(44-56)64-54)50(59)47(57)42-40-38-36-34-12-10-8-6-4-2/h46-48,50-54,56-57,59-62H,3-45H2,1-2H3,(H,55,58)/t46-,47+,48+,50-,51-,52?,53?,54+/m0/s1. The molecule has 1 saturated heterocycles. The second-order valence-corrected chi connectivity index (χ2v) is 19.9. The van der Waals surface area contributed by atoms with Crippen LogP contribution in [-0.2, 0) is 14.3 Å². The summed E-state index contributed by atoms with van der Waals surface area (Å²) in [6.45, 7) is 3.61. The molecule has 64 heavy (non-hydrogen) atoms. The number of aliphatic hydroxyl groups is 6. The number of carbonyl (C=O) groups is 1. The molecule has 8 atom stereocenters. The van der Waals surface area contributed by atoms with Crippen molar-refractivity contribution >= 4 is 5.91 Å². The maximum Gasteiger partial charge on any atom is 0.220 e. The van der Waals surface area contributed by atoms with Gasteiger partial charge in [0.1, 0.15) is 30.5 Å². The monoisotopic (exact) mass is 914 g/mol. The highest BCUT2D eigenvalue weighted by Crippen LogP contribution is 2.23. The predicted molar refractivity (Wildman–Crippen MR) is 264 cm³/mol. The number of unbranched alkanes of at least 4 members (excludes halogenated alkanes) is 37. The summed E-state index contributed by atoms with van der Waals surface area (Å²) in [5.74, 6) is -0.253. The van der Waals surface area contributed by atoms with E-state index in [9.17, 15) is 35.4 Å². The Kier molecular flexibility index (Phi) is 42.7. The molecule has 2 unspecified atom stereocenters. The summed E-state index contributed by atoms with van der Waals surface area (Å²) < 4.78 is 11.2. The minimum absolute atomic E-state index is 0.253. The minimum Gasteiger partial charge on any atom is -0.394 e. The van der Waals surface area contributed by atoms with Crippen LogP contribution in [0, 0.1) is 0 Å². The molecule has 0 aromatic carbocycles. The Morgan fingerprint density at radius 3 is 1.16 bits per heavy atom. The van der Waals surface area contributed by atoms with E-state index in [0.717, 1.165) is 44.9 Å². The van der Waals surface area contributed by atoms with Crippen LogP contribution >= 0.6 is 0 Å². The van der Waals surface area contributed by atoms with Crippen LogP contribution < -0.4 is 5.32 Å². The highest BCUT2D eigenvalue weighted by atomic mass is 16.7. The fraction of sp³-hybridized carbons (Fsp3) is 0.981. The van der Waals surface area contributed by atoms with Gasteiger partial charge in [-0.3, -0.25) is 4.79 Å². The van der Waals surface area contributed by atoms with Gasteiger partial charge in [-0.05, 0) is 12.8 Å². The molecule has 0 spiro atoms. The average Bonchev–Trinajstić information content (AvgIpc) is 3.29. The van der Waals surface area contributed by atoms with Crippen molar-refractivity contribution in [2.45, 2.75) is 326 Å². The van der Waals surface area contributed by atoms with Gasteiger partial charge in [-0.2, -0.15) is 0 Å². The number of aliphatic hydroxyl groups excluding tert-OH is 6. The molecule has 0 bridgehead atoms. The Hall–Kier alpha value is -0.850. The third kappa shape index (κ3) is 33.6. The summed E-state index contributed by atoms with van der Waals surface area (Å²) in [4.78, 5) is 13.0. The molecule has 10 heteroatoms. The molecule has 1 fully saturated rings. The Labute approximate surface area is 394 Å². The van der Waals surface area contributed by atoms with E-state index in [2.05, 4.69) is 19.2 Å². The van der Waals surface area contributed by atoms with E-state index in [-0.39, 0.29) is 18.9 Å². The summed E-state index contributed by atoms with van der Waals surface area (Å²) in [5, 5.41) is 65.2. The molecule has 10 nitrogen and oxygen atoms in total. The van der Waals surface area contributed by atoms with E-state index in [0.29, 0.717) is 6.42 Å². The summed E-state index contributed by atoms with van der Waals surface area (Å²) in [6.07, 6.45) is 41.6. The lowest BCUT2D eigenvalue weighted by atomic mass is 9.98. The Bertz CT molecular complexity index is 988. The average molecular weight is 914 g/mol. The van der Waals surface area contributed by atoms with Crippen LogP contribution in [-0.4, -0.2) is 98.7 Å². The molecule has 1 rings (SSSR count). The summed E-state index contributed by atoms with van der Waals surface area (Å²) in [5.41, 5.74) is 0. The lowest BCUT2D eigenvalue weighted by Crippen LogP contribution is -2.60. The van der Waals surface area contributed by atoms with Crippen LogP contribution in [0.1, 0.15) is 277 Å². The van der Waals surface area contributed by atoms with E-state index < -0.39 is 55.6 Å². The van der Waals surface area contributed by atoms with E-state index >= 15 is 0 Å². The first-order chi connectivity index (χ1) is 31.3. The Balaban J connectivity index is 2.12. The largest absolute Gasteiger partial charge is 0.394 e. The maximum absolute atomic E-state index is 13.0. The molecule has 1 heterocycles. The van der Waals surface area contributed by atoms with Crippen molar-refractivity contribution < 1.29 is 44.9 Å². The molecule has 0 aromatic rings. The molecule has 1 aliphatic heterocycles. The predicted octanol–water partition coefficient (Wildman–Crippen LogP) is 12.0. The third-order valence-corrected chi connectivity index (χ3v) is 13.8. The molecule has 0 aliphatic carbocycles. The van der Waals surface area contributed by atoms with Gasteiger partial charge in [-0.1, -0.05) is 258 Å². The Morgan fingerprint density at radius 1 is 0.484 bits per heavy atom. The third-order valence-electron chi connectivity index (χ3n) is 13.8. The van der Waals surface area contributed by atoms with E-state index in [1.54, 1.807) is 0 Å². The summed E-state index contributed by atoms with van der Waals surface area (Å²) in [6, 6.07) is -0.984. The molecule has 1 amide bonds. The Morgan fingerprint density at radius 2 is 0.812 bits per heavy atom. The molecule has 1 aliphatic rings. The molecule has 0 saturated carbocycles. The smallest absolute Gasteiger partial charge is 0.220 e. The topological polar surface area (TPSA) is 169 Å². The molecule has 382 valence electrons. The summed E-state index contributed by atoms with van der Waals surface area (Å²) in [7, 11) is 0. The highest BCUT2D eigenvalue weighted by Gasteiger charge is 2.44. The molecule has 7 N–H and O–H groups in total. The van der Waals surface area contributed by atoms with Crippen molar-refractivity contribution in [1.29, 1.82) is 0 Å². The van der Waals surface area contributed by atoms with Crippen molar-refractivity contribution in [2.75, 3.05) is 13.2 Å². The molecule has 0 radical (unpaired) electrons. The van der Waals surface area contributed by atoms with Crippen LogP contribution in [0.25, 0.3) is 0 Å². The number of hydrogen-bond donors (Lipinski definition) is 7. The van der Waals surface area contributed by atoms with E-state index in [4.69, 9.17) is 9.47 Å². The van der Waals surface area contributed by atoms with Gasteiger partial charge in [0.2, 0.25) is 5.91 Å². The fourth-order valence-electron chi connectivity index (χ4n) is 9.32. The zero-order valence-corrected chi connectivity index (χ0v) is 41.9. The maximum atomic E-state index is 13.0. The number of nitrogens with one attached hydrogen (secondary N) is 1. The number of amides is 1. The highest BCUT2D eigenvalue weighted by molar-refractivity contribution is 5.76. The number of hydrogen-bond acceptors (Lipinski definition) is 9. The first-order valence-electron chi connectivity index (χ1n) is 27.8. The minimum atomic E-state index is -1.60. The SMILES string of the molecule is CCCCCCCCCCCCCCCCCCCCCCCCCCCCCCCCC(=O)N[C@@H](CO[C@@H]1O[C@H](CO)[C@H](O)C(O)C1O)[C@H](O)[C@H](O)CCCCCCCCCCC. The zero-order valence-electron chi connectivity index (χ0n) is 41.9. The quantitative estimate of drug-likeness (QED) is 0.0294. The van der Waals surface area contributed by atoms with Gasteiger partial charge in [0.15, 0.2) is 6.29 Å². The van der Waals surface area contributed by atoms with E-state index in [1.165, 1.54) is 205 Å². The van der Waals surface area contributed by atoms with Gasteiger partial charge in [0.05, 0.1) is 25.4 Å². The first kappa shape index (κ1) is 61.2. The lowest BCUT2D eigenvalue weighted by Gasteiger charge is -2.40. The van der Waals surface area contributed by atoms with Crippen molar-refractivity contribution in [3.05, 3.63) is 0 Å². The fourth-order valence-corrected chi connectivity index (χ4v) is 9.32. The van der Waals surface area contributed by atoms with Gasteiger partial charge >= 0.3 is 0 Å². The number of rotatable bonds is 48. The molecular weight excluding hydrogens is 807 g/mol. The zero-order chi connectivity index (χ0) is 46.7. The van der Waals surface area contributed by atoms with Gasteiger partial charge in [0.25, 0.3) is 0 Å². The molecular formula is C54H107NO9. The van der Waals surface area contributed by atoms with Crippen LogP contribution in [0.15, 0.2) is 0 Å². The normalized spacial score (nSPS) is 20.4. The van der Waals surface area contributed by atoms with E-state index in [1.807, 2.05) is 0 Å². The number of ether oxygens (including phenoxy) is 2. The van der Waals surface area contributed by atoms with Gasteiger partial charge < -0.3 is 45.4 Å². The lowest BCUT2D eigenvalue weighted by molar-refractivity contribution is -0.303. The van der Waals surface area contributed by atoms with Crippen LogP contribution in [0.3, 0.4) is 0 Å².